The first kappa shape index (κ1) is 28.2. The summed E-state index contributed by atoms with van der Waals surface area (Å²) in [5.74, 6) is 1.31. The number of nitrogens with zero attached hydrogens (tertiary/aromatic N) is 4. The van der Waals surface area contributed by atoms with Crippen LogP contribution in [0.25, 0.3) is 28.6 Å². The summed E-state index contributed by atoms with van der Waals surface area (Å²) in [5, 5.41) is 12.7. The molecule has 0 saturated heterocycles. The highest BCUT2D eigenvalue weighted by atomic mass is 127. The van der Waals surface area contributed by atoms with Gasteiger partial charge in [0, 0.05) is 11.5 Å². The minimum absolute atomic E-state index is 0.0669. The Balaban J connectivity index is 1.47. The summed E-state index contributed by atoms with van der Waals surface area (Å²) in [6, 6.07) is 22.7. The molecule has 1 aliphatic rings. The lowest BCUT2D eigenvalue weighted by atomic mass is 9.88. The van der Waals surface area contributed by atoms with Crippen LogP contribution in [0.1, 0.15) is 46.8 Å². The number of esters is 1. The van der Waals surface area contributed by atoms with Gasteiger partial charge in [-0.3, -0.25) is 4.35 Å². The Labute approximate surface area is 249 Å². The molecule has 0 spiro atoms. The molecule has 7 nitrogen and oxygen atoms in total. The van der Waals surface area contributed by atoms with Crippen LogP contribution >= 0.6 is 22.6 Å². The van der Waals surface area contributed by atoms with Crippen molar-refractivity contribution in [2.75, 3.05) is 6.61 Å². The Morgan fingerprint density at radius 2 is 1.75 bits per heavy atom. The largest absolute Gasteiger partial charge is 0.498 e. The summed E-state index contributed by atoms with van der Waals surface area (Å²) in [6.07, 6.45) is 2.76. The van der Waals surface area contributed by atoms with Crippen molar-refractivity contribution in [2.24, 2.45) is 0 Å². The fourth-order valence-corrected chi connectivity index (χ4v) is 6.53. The van der Waals surface area contributed by atoms with Gasteiger partial charge in [-0.15, -0.1) is 5.10 Å². The second-order valence-corrected chi connectivity index (χ2v) is 17.3. The van der Waals surface area contributed by atoms with Gasteiger partial charge in [-0.05, 0) is 108 Å². The van der Waals surface area contributed by atoms with Gasteiger partial charge in [-0.25, -0.2) is 4.79 Å². The van der Waals surface area contributed by atoms with Crippen LogP contribution in [0.15, 0.2) is 72.5 Å². The lowest BCUT2D eigenvalue weighted by Crippen LogP contribution is -2.34. The van der Waals surface area contributed by atoms with Crippen molar-refractivity contribution in [1.29, 1.82) is 0 Å². The fraction of sp³-hybridized carbons (Fsp3) is 0.290. The summed E-state index contributed by atoms with van der Waals surface area (Å²) in [7, 11) is -1.80. The molecule has 40 heavy (non-hydrogen) atoms. The second-order valence-electron chi connectivity index (χ2n) is 10.8. The summed E-state index contributed by atoms with van der Waals surface area (Å²) in [5.41, 5.74) is 6.93. The van der Waals surface area contributed by atoms with Gasteiger partial charge >= 0.3 is 5.97 Å². The molecule has 0 aliphatic heterocycles. The molecule has 0 amide bonds. The van der Waals surface area contributed by atoms with E-state index in [-0.39, 0.29) is 16.0 Å². The SMILES string of the molecule is CCOC1=Cc2cccc(C(=O)OC(C)I)c2C1Cc1ccc(-c2ccccc2-c2nnnn2[Si](C)(C)C)cc1. The minimum Gasteiger partial charge on any atom is -0.498 e. The Morgan fingerprint density at radius 3 is 2.42 bits per heavy atom. The van der Waals surface area contributed by atoms with Crippen LogP contribution in [0.3, 0.4) is 0 Å². The van der Waals surface area contributed by atoms with Crippen LogP contribution in [0, 0.1) is 0 Å². The summed E-state index contributed by atoms with van der Waals surface area (Å²) in [4.78, 5) is 13.0. The number of hydrogen-bond donors (Lipinski definition) is 0. The standard InChI is InChI=1S/C31H33IN4O3Si/c1-6-38-28-19-23-10-9-13-26(31(37)39-20(2)32)29(23)27(28)18-21-14-16-22(17-15-21)24-11-7-8-12-25(24)30-33-34-35-36(30)40(3,4)5/h7-17,19-20,27H,6,18H2,1-5H3. The minimum atomic E-state index is -1.80. The van der Waals surface area contributed by atoms with E-state index >= 15 is 0 Å². The Hall–Kier alpha value is -3.31. The molecule has 0 N–H and O–H groups in total. The van der Waals surface area contributed by atoms with Gasteiger partial charge in [-0.2, -0.15) is 0 Å². The van der Waals surface area contributed by atoms with Gasteiger partial charge in [0.1, 0.15) is 9.87 Å². The summed E-state index contributed by atoms with van der Waals surface area (Å²) < 4.78 is 13.4. The fourth-order valence-electron chi connectivity index (χ4n) is 5.19. The summed E-state index contributed by atoms with van der Waals surface area (Å²) >= 11 is 2.10. The van der Waals surface area contributed by atoms with Gasteiger partial charge < -0.3 is 9.47 Å². The first-order valence-electron chi connectivity index (χ1n) is 13.5. The second kappa shape index (κ2) is 11.7. The maximum absolute atomic E-state index is 13.0. The van der Waals surface area contributed by atoms with Gasteiger partial charge in [-0.1, -0.05) is 65.9 Å². The Bertz CT molecular complexity index is 1560. The molecule has 206 valence electrons. The third kappa shape index (κ3) is 5.76. The average Bonchev–Trinajstić information content (AvgIpc) is 3.55. The number of fused-ring (bicyclic) bond motifs is 1. The number of tetrazole rings is 1. The molecule has 0 fully saturated rings. The Kier molecular flexibility index (Phi) is 8.23. The molecule has 2 atom stereocenters. The molecule has 4 aromatic rings. The monoisotopic (exact) mass is 664 g/mol. The van der Waals surface area contributed by atoms with E-state index in [4.69, 9.17) is 9.47 Å². The van der Waals surface area contributed by atoms with Crippen LogP contribution < -0.4 is 0 Å². The number of carbonyl (C=O) groups is 1. The number of hydrogen-bond acceptors (Lipinski definition) is 6. The van der Waals surface area contributed by atoms with Crippen LogP contribution in [0.5, 0.6) is 0 Å². The molecule has 0 saturated carbocycles. The maximum Gasteiger partial charge on any atom is 0.339 e. The number of aromatic nitrogens is 4. The zero-order valence-electron chi connectivity index (χ0n) is 23.4. The van der Waals surface area contributed by atoms with Crippen molar-refractivity contribution in [3.8, 4) is 22.5 Å². The molecule has 0 radical (unpaired) electrons. The molecular weight excluding hydrogens is 631 g/mol. The van der Waals surface area contributed by atoms with E-state index in [9.17, 15) is 4.79 Å². The molecule has 9 heteroatoms. The molecule has 5 rings (SSSR count). The predicted octanol–water partition coefficient (Wildman–Crippen LogP) is 7.35. The maximum atomic E-state index is 13.0. The number of carbonyl (C=O) groups excluding carboxylic acids is 1. The predicted molar refractivity (Wildman–Crippen MR) is 169 cm³/mol. The van der Waals surface area contributed by atoms with E-state index in [0.29, 0.717) is 18.6 Å². The van der Waals surface area contributed by atoms with E-state index in [1.165, 1.54) is 0 Å². The first-order valence-corrected chi connectivity index (χ1v) is 18.2. The summed E-state index contributed by atoms with van der Waals surface area (Å²) in [6.45, 7) is 11.1. The Morgan fingerprint density at radius 1 is 1.02 bits per heavy atom. The van der Waals surface area contributed by atoms with E-state index in [1.54, 1.807) is 0 Å². The van der Waals surface area contributed by atoms with Crippen LogP contribution in [-0.2, 0) is 15.9 Å². The molecule has 1 aromatic heterocycles. The lowest BCUT2D eigenvalue weighted by Gasteiger charge is -2.20. The van der Waals surface area contributed by atoms with Crippen molar-refractivity contribution >= 4 is 42.9 Å². The smallest absolute Gasteiger partial charge is 0.339 e. The topological polar surface area (TPSA) is 79.1 Å². The van der Waals surface area contributed by atoms with Gasteiger partial charge in [0.25, 0.3) is 0 Å². The van der Waals surface area contributed by atoms with E-state index in [0.717, 1.165) is 45.0 Å². The van der Waals surface area contributed by atoms with E-state index in [2.05, 4.69) is 100 Å². The van der Waals surface area contributed by atoms with Crippen LogP contribution in [0.4, 0.5) is 0 Å². The normalized spacial score (nSPS) is 15.3. The third-order valence-electron chi connectivity index (χ3n) is 6.91. The highest BCUT2D eigenvalue weighted by Crippen LogP contribution is 2.42. The van der Waals surface area contributed by atoms with Crippen molar-refractivity contribution in [3.63, 3.8) is 0 Å². The number of benzene rings is 3. The van der Waals surface area contributed by atoms with Crippen LogP contribution in [-0.4, -0.2) is 44.8 Å². The zero-order chi connectivity index (χ0) is 28.4. The molecule has 2 unspecified atom stereocenters. The van der Waals surface area contributed by atoms with Crippen LogP contribution in [0.2, 0.25) is 19.6 Å². The number of alkyl halides is 1. The quantitative estimate of drug-likeness (QED) is 0.0807. The van der Waals surface area contributed by atoms with Gasteiger partial charge in [0.2, 0.25) is 0 Å². The molecular formula is C31H33IN4O3Si. The highest BCUT2D eigenvalue weighted by Gasteiger charge is 2.32. The van der Waals surface area contributed by atoms with Crippen molar-refractivity contribution in [2.45, 2.75) is 49.9 Å². The first-order chi connectivity index (χ1) is 19.2. The third-order valence-corrected chi connectivity index (χ3v) is 8.73. The van der Waals surface area contributed by atoms with Crippen molar-refractivity contribution < 1.29 is 14.3 Å². The van der Waals surface area contributed by atoms with Crippen molar-refractivity contribution in [1.82, 2.24) is 19.9 Å². The van der Waals surface area contributed by atoms with Crippen molar-refractivity contribution in [3.05, 3.63) is 94.7 Å². The number of halogens is 1. The van der Waals surface area contributed by atoms with Gasteiger partial charge in [0.05, 0.1) is 12.2 Å². The van der Waals surface area contributed by atoms with E-state index < -0.39 is 8.24 Å². The lowest BCUT2D eigenvalue weighted by molar-refractivity contribution is 0.0500. The molecule has 3 aromatic carbocycles. The highest BCUT2D eigenvalue weighted by molar-refractivity contribution is 14.1. The number of rotatable bonds is 9. The van der Waals surface area contributed by atoms with E-state index in [1.807, 2.05) is 48.5 Å². The molecule has 1 heterocycles. The average molecular weight is 665 g/mol. The zero-order valence-corrected chi connectivity index (χ0v) is 26.5. The van der Waals surface area contributed by atoms with Gasteiger partial charge in [0.15, 0.2) is 14.1 Å². The molecule has 0 bridgehead atoms. The number of allylic oxidation sites excluding steroid dienone is 1. The molecule has 1 aliphatic carbocycles. The number of ether oxygens (including phenoxy) is 2.